The number of amides is 1. The lowest BCUT2D eigenvalue weighted by molar-refractivity contribution is -0.129. The highest BCUT2D eigenvalue weighted by molar-refractivity contribution is 5.98. The van der Waals surface area contributed by atoms with Crippen LogP contribution in [-0.2, 0) is 4.79 Å². The zero-order chi connectivity index (χ0) is 15.5. The molecule has 1 amide bonds. The monoisotopic (exact) mass is 289 g/mol. The molecular weight excluding hydrogens is 262 g/mol. The van der Waals surface area contributed by atoms with E-state index < -0.39 is 0 Å². The van der Waals surface area contributed by atoms with Gasteiger partial charge >= 0.3 is 0 Å². The van der Waals surface area contributed by atoms with Crippen molar-refractivity contribution in [3.63, 3.8) is 0 Å². The molecule has 0 radical (unpaired) electrons. The van der Waals surface area contributed by atoms with Crippen LogP contribution in [0.5, 0.6) is 5.75 Å². The summed E-state index contributed by atoms with van der Waals surface area (Å²) >= 11 is 0. The summed E-state index contributed by atoms with van der Waals surface area (Å²) < 4.78 is 0. The average molecular weight is 289 g/mol. The number of phenolic OH excluding ortho intramolecular Hbond substituents is 1. The van der Waals surface area contributed by atoms with Gasteiger partial charge in [0.25, 0.3) is 0 Å². The summed E-state index contributed by atoms with van der Waals surface area (Å²) in [5, 5.41) is 9.68. The zero-order valence-corrected chi connectivity index (χ0v) is 13.4. The molecule has 0 spiro atoms. The summed E-state index contributed by atoms with van der Waals surface area (Å²) in [6.07, 6.45) is 5.26. The molecule has 1 aliphatic rings. The maximum Gasteiger partial charge on any atom is 0.233 e. The molecule has 1 N–H and O–H groups in total. The second-order valence-electron chi connectivity index (χ2n) is 6.65. The Kier molecular flexibility index (Phi) is 4.92. The fourth-order valence-corrected chi connectivity index (χ4v) is 3.73. The Hall–Kier alpha value is -1.51. The van der Waals surface area contributed by atoms with E-state index in [2.05, 4.69) is 13.8 Å². The van der Waals surface area contributed by atoms with E-state index in [0.717, 1.165) is 37.8 Å². The van der Waals surface area contributed by atoms with Crippen LogP contribution < -0.4 is 4.90 Å². The number of anilines is 1. The molecule has 1 aromatic rings. The number of carbonyl (C=O) groups is 1. The molecule has 3 nitrogen and oxygen atoms in total. The first kappa shape index (κ1) is 15.9. The highest BCUT2D eigenvalue weighted by Gasteiger charge is 2.43. The van der Waals surface area contributed by atoms with Crippen LogP contribution in [-0.4, -0.2) is 17.6 Å². The van der Waals surface area contributed by atoms with Crippen LogP contribution in [0.4, 0.5) is 5.69 Å². The molecule has 0 saturated heterocycles. The lowest BCUT2D eigenvalue weighted by Gasteiger charge is -2.35. The van der Waals surface area contributed by atoms with Gasteiger partial charge in [-0.15, -0.1) is 0 Å². The number of hydrogen-bond acceptors (Lipinski definition) is 2. The van der Waals surface area contributed by atoms with E-state index in [-0.39, 0.29) is 17.1 Å². The predicted octanol–water partition coefficient (Wildman–Crippen LogP) is 4.35. The topological polar surface area (TPSA) is 40.5 Å². The van der Waals surface area contributed by atoms with E-state index in [0.29, 0.717) is 12.5 Å². The van der Waals surface area contributed by atoms with Crippen molar-refractivity contribution in [1.82, 2.24) is 0 Å². The number of nitrogens with zero attached hydrogens (tertiary/aromatic N) is 1. The van der Waals surface area contributed by atoms with Gasteiger partial charge in [-0.05, 0) is 44.2 Å². The van der Waals surface area contributed by atoms with Crippen molar-refractivity contribution in [1.29, 1.82) is 0 Å². The molecule has 1 fully saturated rings. The van der Waals surface area contributed by atoms with Gasteiger partial charge in [-0.3, -0.25) is 4.79 Å². The number of aromatic hydroxyl groups is 1. The molecule has 0 aliphatic heterocycles. The molecule has 0 heterocycles. The first-order valence-electron chi connectivity index (χ1n) is 8.09. The van der Waals surface area contributed by atoms with E-state index in [4.69, 9.17) is 0 Å². The lowest BCUT2D eigenvalue weighted by atomic mass is 9.77. The van der Waals surface area contributed by atoms with Crippen LogP contribution in [0.2, 0.25) is 0 Å². The molecule has 0 unspecified atom stereocenters. The first-order chi connectivity index (χ1) is 9.98. The summed E-state index contributed by atoms with van der Waals surface area (Å²) in [7, 11) is 0. The van der Waals surface area contributed by atoms with E-state index in [1.807, 2.05) is 17.9 Å². The van der Waals surface area contributed by atoms with Gasteiger partial charge < -0.3 is 10.0 Å². The van der Waals surface area contributed by atoms with Crippen molar-refractivity contribution >= 4 is 11.6 Å². The van der Waals surface area contributed by atoms with E-state index in [1.165, 1.54) is 0 Å². The highest BCUT2D eigenvalue weighted by atomic mass is 16.3. The third kappa shape index (κ3) is 3.39. The summed E-state index contributed by atoms with van der Waals surface area (Å²) in [5.41, 5.74) is 0.604. The maximum absolute atomic E-state index is 13.2. The van der Waals surface area contributed by atoms with Gasteiger partial charge in [-0.1, -0.05) is 32.8 Å². The molecule has 116 valence electrons. The van der Waals surface area contributed by atoms with Crippen molar-refractivity contribution in [3.8, 4) is 5.75 Å². The summed E-state index contributed by atoms with van der Waals surface area (Å²) in [4.78, 5) is 15.0. The Labute approximate surface area is 128 Å². The number of benzene rings is 1. The summed E-state index contributed by atoms with van der Waals surface area (Å²) in [6, 6.07) is 7.02. The Balaban J connectivity index is 2.29. The fourth-order valence-electron chi connectivity index (χ4n) is 3.73. The van der Waals surface area contributed by atoms with Crippen molar-refractivity contribution in [3.05, 3.63) is 24.3 Å². The Morgan fingerprint density at radius 1 is 1.33 bits per heavy atom. The molecule has 1 aromatic carbocycles. The van der Waals surface area contributed by atoms with Crippen molar-refractivity contribution in [2.45, 2.75) is 52.9 Å². The molecule has 1 saturated carbocycles. The predicted molar refractivity (Wildman–Crippen MR) is 86.5 cm³/mol. The molecule has 1 aliphatic carbocycles. The molecule has 0 atom stereocenters. The largest absolute Gasteiger partial charge is 0.508 e. The zero-order valence-electron chi connectivity index (χ0n) is 13.4. The summed E-state index contributed by atoms with van der Waals surface area (Å²) in [5.74, 6) is 0.972. The van der Waals surface area contributed by atoms with Crippen molar-refractivity contribution in [2.75, 3.05) is 11.4 Å². The second kappa shape index (κ2) is 6.50. The van der Waals surface area contributed by atoms with Gasteiger partial charge in [-0.25, -0.2) is 0 Å². The molecule has 21 heavy (non-hydrogen) atoms. The molecular formula is C18H27NO2. The second-order valence-corrected chi connectivity index (χ2v) is 6.65. The minimum atomic E-state index is -0.199. The fraction of sp³-hybridized carbons (Fsp3) is 0.611. The van der Waals surface area contributed by atoms with Crippen LogP contribution in [0.15, 0.2) is 24.3 Å². The highest BCUT2D eigenvalue weighted by Crippen LogP contribution is 2.45. The van der Waals surface area contributed by atoms with Gasteiger partial charge in [-0.2, -0.15) is 0 Å². The van der Waals surface area contributed by atoms with Crippen molar-refractivity contribution in [2.24, 2.45) is 11.3 Å². The number of phenols is 1. The average Bonchev–Trinajstić information content (AvgIpc) is 2.88. The molecule has 2 rings (SSSR count). The van der Waals surface area contributed by atoms with Gasteiger partial charge in [0.15, 0.2) is 0 Å². The first-order valence-corrected chi connectivity index (χ1v) is 8.09. The standard InChI is InChI=1S/C18H27NO2/c1-4-19(15-8-7-9-16(20)12-15)17(21)18(13-14(2)3)10-5-6-11-18/h7-9,12,14,20H,4-6,10-11,13H2,1-3H3. The lowest BCUT2D eigenvalue weighted by Crippen LogP contribution is -2.43. The van der Waals surface area contributed by atoms with E-state index in [1.54, 1.807) is 18.2 Å². The van der Waals surface area contributed by atoms with Crippen LogP contribution in [0.25, 0.3) is 0 Å². The minimum Gasteiger partial charge on any atom is -0.508 e. The number of carbonyl (C=O) groups excluding carboxylic acids is 1. The van der Waals surface area contributed by atoms with Gasteiger partial charge in [0.2, 0.25) is 5.91 Å². The molecule has 0 bridgehead atoms. The van der Waals surface area contributed by atoms with Crippen LogP contribution in [0, 0.1) is 11.3 Å². The summed E-state index contributed by atoms with van der Waals surface area (Å²) in [6.45, 7) is 7.03. The Bertz CT molecular complexity index is 490. The van der Waals surface area contributed by atoms with Gasteiger partial charge in [0.05, 0.1) is 0 Å². The SMILES string of the molecule is CCN(C(=O)C1(CC(C)C)CCCC1)c1cccc(O)c1. The van der Waals surface area contributed by atoms with Gasteiger partial charge in [0.1, 0.15) is 5.75 Å². The molecule has 0 aromatic heterocycles. The Morgan fingerprint density at radius 2 is 2.00 bits per heavy atom. The van der Waals surface area contributed by atoms with Crippen LogP contribution >= 0.6 is 0 Å². The quantitative estimate of drug-likeness (QED) is 0.875. The van der Waals surface area contributed by atoms with Crippen LogP contribution in [0.3, 0.4) is 0 Å². The third-order valence-electron chi connectivity index (χ3n) is 4.52. The third-order valence-corrected chi connectivity index (χ3v) is 4.52. The minimum absolute atomic E-state index is 0.199. The number of rotatable bonds is 5. The van der Waals surface area contributed by atoms with E-state index >= 15 is 0 Å². The van der Waals surface area contributed by atoms with Crippen LogP contribution in [0.1, 0.15) is 52.9 Å². The normalized spacial score (nSPS) is 17.1. The Morgan fingerprint density at radius 3 is 2.52 bits per heavy atom. The van der Waals surface area contributed by atoms with Crippen molar-refractivity contribution < 1.29 is 9.90 Å². The van der Waals surface area contributed by atoms with E-state index in [9.17, 15) is 9.90 Å². The number of hydrogen-bond donors (Lipinski definition) is 1. The molecule has 3 heteroatoms. The smallest absolute Gasteiger partial charge is 0.233 e. The maximum atomic E-state index is 13.2. The van der Waals surface area contributed by atoms with Gasteiger partial charge in [0, 0.05) is 23.7 Å².